The lowest BCUT2D eigenvalue weighted by Gasteiger charge is -2.15. The van der Waals surface area contributed by atoms with Gasteiger partial charge in [0.15, 0.2) is 18.9 Å². The van der Waals surface area contributed by atoms with Gasteiger partial charge < -0.3 is 23.7 Å². The first kappa shape index (κ1) is 21.5. The molecular weight excluding hydrogens is 372 g/mol. The molecule has 0 saturated carbocycles. The van der Waals surface area contributed by atoms with Gasteiger partial charge in [0.2, 0.25) is 0 Å². The van der Waals surface area contributed by atoms with Crippen molar-refractivity contribution in [3.63, 3.8) is 0 Å². The molecule has 0 amide bonds. The van der Waals surface area contributed by atoms with Gasteiger partial charge in [-0.2, -0.15) is 11.1 Å². The first-order valence-corrected chi connectivity index (χ1v) is 13.6. The van der Waals surface area contributed by atoms with Gasteiger partial charge >= 0.3 is 0 Å². The van der Waals surface area contributed by atoms with Crippen LogP contribution in [0.25, 0.3) is 0 Å². The Morgan fingerprint density at radius 1 is 0.808 bits per heavy atom. The second-order valence-corrected chi connectivity index (χ2v) is 13.9. The summed E-state index contributed by atoms with van der Waals surface area (Å²) in [6, 6.07) is 7.26. The van der Waals surface area contributed by atoms with Crippen molar-refractivity contribution in [2.45, 2.75) is 32.0 Å². The van der Waals surface area contributed by atoms with E-state index >= 15 is 0 Å². The van der Waals surface area contributed by atoms with E-state index in [1.54, 1.807) is 0 Å². The Morgan fingerprint density at radius 3 is 1.92 bits per heavy atom. The molecule has 1 aromatic carbocycles. The van der Waals surface area contributed by atoms with Crippen LogP contribution in [0.15, 0.2) is 18.2 Å². The lowest BCUT2D eigenvalue weighted by atomic mass is 10.1. The van der Waals surface area contributed by atoms with Gasteiger partial charge in [-0.3, -0.25) is 0 Å². The third kappa shape index (κ3) is 9.23. The van der Waals surface area contributed by atoms with E-state index in [1.165, 1.54) is 5.56 Å². The van der Waals surface area contributed by atoms with Gasteiger partial charge in [0.1, 0.15) is 13.2 Å². The zero-order valence-corrected chi connectivity index (χ0v) is 17.7. The predicted molar refractivity (Wildman–Crippen MR) is 106 cm³/mol. The van der Waals surface area contributed by atoms with Crippen molar-refractivity contribution in [1.82, 2.24) is 0 Å². The van der Waals surface area contributed by atoms with Gasteiger partial charge in [0.05, 0.1) is 39.6 Å². The van der Waals surface area contributed by atoms with E-state index in [9.17, 15) is 0 Å². The van der Waals surface area contributed by atoms with Crippen LogP contribution in [0.4, 0.5) is 0 Å². The van der Waals surface area contributed by atoms with Crippen LogP contribution < -0.4 is 9.47 Å². The fourth-order valence-corrected chi connectivity index (χ4v) is 4.03. The molecule has 1 aromatic rings. The molecule has 0 saturated heterocycles. The molecule has 0 spiro atoms. The highest BCUT2D eigenvalue weighted by molar-refractivity contribution is 7.19. The predicted octanol–water partition coefficient (Wildman–Crippen LogP) is 3.88. The number of halogens is 1. The Hall–Kier alpha value is -0.793. The number of aryl methyl sites for hydroxylation is 1. The zero-order valence-electron chi connectivity index (χ0n) is 15.9. The molecule has 0 radical (unpaired) electrons. The number of hydrogen-bond acceptors (Lipinski definition) is 5. The molecule has 5 nitrogen and oxygen atoms in total. The molecule has 0 N–H and O–H groups in total. The summed E-state index contributed by atoms with van der Waals surface area (Å²) in [7, 11) is -1.51. The Morgan fingerprint density at radius 2 is 1.35 bits per heavy atom. The van der Waals surface area contributed by atoms with E-state index in [2.05, 4.69) is 25.2 Å². The summed E-state index contributed by atoms with van der Waals surface area (Å²) in [5.74, 6) is 1.51. The quantitative estimate of drug-likeness (QED) is 0.564. The van der Waals surface area contributed by atoms with Crippen molar-refractivity contribution in [3.8, 4) is 11.5 Å². The van der Waals surface area contributed by atoms with E-state index in [-0.39, 0.29) is 0 Å². The van der Waals surface area contributed by atoms with Crippen molar-refractivity contribution < 1.29 is 23.7 Å². The Bertz CT molecular complexity index is 521. The fraction of sp³-hybridized carbons (Fsp3) is 0.684. The van der Waals surface area contributed by atoms with Crippen molar-refractivity contribution in [1.29, 1.82) is 0 Å². The molecule has 26 heavy (non-hydrogen) atoms. The Labute approximate surface area is 162 Å². The lowest BCUT2D eigenvalue weighted by molar-refractivity contribution is 0.00708. The van der Waals surface area contributed by atoms with Crippen molar-refractivity contribution in [3.05, 3.63) is 23.8 Å². The molecule has 0 atom stereocenters. The van der Waals surface area contributed by atoms with Crippen LogP contribution in [0, 0.1) is 0 Å². The normalized spacial score (nSPS) is 18.0. The monoisotopic (exact) mass is 402 g/mol. The maximum absolute atomic E-state index is 6.41. The van der Waals surface area contributed by atoms with Gasteiger partial charge in [0.25, 0.3) is 0 Å². The standard InChI is InChI=1S/C19H31ClO5Si/c1-26(2,20)15-3-4-17-5-6-18-19(16-17)25-14-12-23-10-8-21-7-9-22-11-13-24-18/h5-6,16H,3-4,7-15H2,1-2H3. The zero-order chi connectivity index (χ0) is 18.7. The molecule has 0 aromatic heterocycles. The van der Waals surface area contributed by atoms with Crippen LogP contribution in [0.1, 0.15) is 12.0 Å². The lowest BCUT2D eigenvalue weighted by Crippen LogP contribution is -2.15. The Balaban J connectivity index is 1.94. The number of ether oxygens (including phenoxy) is 5. The van der Waals surface area contributed by atoms with Gasteiger partial charge in [-0.1, -0.05) is 25.6 Å². The van der Waals surface area contributed by atoms with Crippen LogP contribution in [0.5, 0.6) is 11.5 Å². The van der Waals surface area contributed by atoms with Crippen LogP contribution >= 0.6 is 11.1 Å². The summed E-state index contributed by atoms with van der Waals surface area (Å²) in [6.45, 7) is 8.65. The third-order valence-electron chi connectivity index (χ3n) is 3.96. The number of benzene rings is 1. The van der Waals surface area contributed by atoms with Crippen LogP contribution in [0.2, 0.25) is 19.1 Å². The smallest absolute Gasteiger partial charge is 0.161 e. The van der Waals surface area contributed by atoms with Gasteiger partial charge in [0, 0.05) is 0 Å². The fourth-order valence-electron chi connectivity index (χ4n) is 2.62. The molecule has 7 heteroatoms. The van der Waals surface area contributed by atoms with Gasteiger partial charge in [-0.25, -0.2) is 0 Å². The molecule has 1 aliphatic heterocycles. The van der Waals surface area contributed by atoms with Crippen molar-refractivity contribution in [2.75, 3.05) is 52.9 Å². The maximum Gasteiger partial charge on any atom is 0.161 e. The third-order valence-corrected chi connectivity index (χ3v) is 6.07. The number of rotatable bonds is 4. The molecule has 1 aliphatic rings. The highest BCUT2D eigenvalue weighted by Crippen LogP contribution is 2.29. The molecule has 0 bridgehead atoms. The van der Waals surface area contributed by atoms with E-state index in [0.29, 0.717) is 52.9 Å². The summed E-state index contributed by atoms with van der Waals surface area (Å²) in [5, 5.41) is 0. The molecular formula is C19H31ClO5Si. The minimum Gasteiger partial charge on any atom is -0.487 e. The summed E-state index contributed by atoms with van der Waals surface area (Å²) in [6.07, 6.45) is 2.09. The summed E-state index contributed by atoms with van der Waals surface area (Å²) >= 11 is 6.41. The molecule has 0 fully saturated rings. The van der Waals surface area contributed by atoms with E-state index in [0.717, 1.165) is 30.4 Å². The summed E-state index contributed by atoms with van der Waals surface area (Å²) in [5.41, 5.74) is 1.24. The van der Waals surface area contributed by atoms with Crippen LogP contribution in [-0.4, -0.2) is 60.2 Å². The van der Waals surface area contributed by atoms with Crippen LogP contribution in [0.3, 0.4) is 0 Å². The summed E-state index contributed by atoms with van der Waals surface area (Å²) < 4.78 is 28.2. The van der Waals surface area contributed by atoms with Gasteiger partial charge in [-0.05, 0) is 30.2 Å². The average molecular weight is 403 g/mol. The first-order chi connectivity index (χ1) is 12.5. The maximum atomic E-state index is 6.41. The van der Waals surface area contributed by atoms with E-state index in [4.69, 9.17) is 34.8 Å². The second kappa shape index (κ2) is 11.8. The number of hydrogen-bond donors (Lipinski definition) is 0. The topological polar surface area (TPSA) is 46.2 Å². The second-order valence-electron chi connectivity index (χ2n) is 6.89. The van der Waals surface area contributed by atoms with Crippen molar-refractivity contribution >= 4 is 18.5 Å². The van der Waals surface area contributed by atoms with E-state index in [1.807, 2.05) is 6.07 Å². The van der Waals surface area contributed by atoms with Gasteiger partial charge in [-0.15, -0.1) is 0 Å². The first-order valence-electron chi connectivity index (χ1n) is 9.35. The number of fused-ring (bicyclic) bond motifs is 1. The SMILES string of the molecule is C[Si](C)(Cl)CCCc1ccc2c(c1)OCCOCCOCCOCCO2. The summed E-state index contributed by atoms with van der Waals surface area (Å²) in [4.78, 5) is 0. The van der Waals surface area contributed by atoms with E-state index < -0.39 is 7.38 Å². The highest BCUT2D eigenvalue weighted by atomic mass is 35.6. The average Bonchev–Trinajstić information content (AvgIpc) is 2.59. The minimum absolute atomic E-state index is 0.484. The largest absolute Gasteiger partial charge is 0.487 e. The molecule has 1 heterocycles. The molecule has 148 valence electrons. The molecule has 0 unspecified atom stereocenters. The minimum atomic E-state index is -1.51. The van der Waals surface area contributed by atoms with Crippen molar-refractivity contribution in [2.24, 2.45) is 0 Å². The Kier molecular flexibility index (Phi) is 9.78. The molecule has 0 aliphatic carbocycles. The van der Waals surface area contributed by atoms with Crippen LogP contribution in [-0.2, 0) is 20.6 Å². The molecule has 2 rings (SSSR count). The highest BCUT2D eigenvalue weighted by Gasteiger charge is 2.16.